The van der Waals surface area contributed by atoms with Crippen LogP contribution in [-0.4, -0.2) is 13.1 Å². The zero-order chi connectivity index (χ0) is 11.8. The standard InChI is InChI=1S/C14H22O2/c1-10-6-8-14(9-7-10)11(2)4-5-12(14)13(15)16-3/h11-12H,1,4-9H2,2-3H3/t11-,12+/m0/s1. The maximum Gasteiger partial charge on any atom is 0.309 e. The van der Waals surface area contributed by atoms with Crippen LogP contribution in [0.4, 0.5) is 0 Å². The topological polar surface area (TPSA) is 26.3 Å². The molecule has 2 rings (SSSR count). The smallest absolute Gasteiger partial charge is 0.309 e. The fourth-order valence-electron chi connectivity index (χ4n) is 3.74. The van der Waals surface area contributed by atoms with E-state index in [0.717, 1.165) is 32.1 Å². The first kappa shape index (κ1) is 11.7. The molecule has 2 nitrogen and oxygen atoms in total. The minimum absolute atomic E-state index is 0.0110. The molecule has 0 heterocycles. The van der Waals surface area contributed by atoms with Crippen molar-refractivity contribution in [3.05, 3.63) is 12.2 Å². The van der Waals surface area contributed by atoms with Crippen molar-refractivity contribution in [2.24, 2.45) is 17.3 Å². The summed E-state index contributed by atoms with van der Waals surface area (Å²) in [7, 11) is 1.51. The monoisotopic (exact) mass is 222 g/mol. The van der Waals surface area contributed by atoms with Gasteiger partial charge in [0, 0.05) is 0 Å². The maximum atomic E-state index is 11.9. The second-order valence-electron chi connectivity index (χ2n) is 5.54. The summed E-state index contributed by atoms with van der Waals surface area (Å²) in [6.07, 6.45) is 6.64. The fraction of sp³-hybridized carbons (Fsp3) is 0.786. The summed E-state index contributed by atoms with van der Waals surface area (Å²) < 4.78 is 4.98. The van der Waals surface area contributed by atoms with Gasteiger partial charge in [0.1, 0.15) is 0 Å². The molecule has 0 aliphatic heterocycles. The minimum atomic E-state index is 0.0110. The van der Waals surface area contributed by atoms with E-state index < -0.39 is 0 Å². The van der Waals surface area contributed by atoms with Crippen LogP contribution in [0.2, 0.25) is 0 Å². The summed E-state index contributed by atoms with van der Waals surface area (Å²) in [4.78, 5) is 11.9. The quantitative estimate of drug-likeness (QED) is 0.502. The summed E-state index contributed by atoms with van der Waals surface area (Å²) in [6, 6.07) is 0. The molecule has 1 spiro atoms. The number of esters is 1. The molecule has 0 radical (unpaired) electrons. The van der Waals surface area contributed by atoms with Gasteiger partial charge in [-0.3, -0.25) is 4.79 Å². The van der Waals surface area contributed by atoms with Crippen molar-refractivity contribution in [1.29, 1.82) is 0 Å². The van der Waals surface area contributed by atoms with E-state index in [2.05, 4.69) is 13.5 Å². The molecule has 2 aliphatic carbocycles. The summed E-state index contributed by atoms with van der Waals surface area (Å²) in [5.41, 5.74) is 1.57. The molecule has 0 bridgehead atoms. The molecule has 0 aromatic heterocycles. The highest BCUT2D eigenvalue weighted by Gasteiger charge is 2.52. The number of hydrogen-bond donors (Lipinski definition) is 0. The summed E-state index contributed by atoms with van der Waals surface area (Å²) in [5.74, 6) is 0.808. The molecular weight excluding hydrogens is 200 g/mol. The Balaban J connectivity index is 2.20. The maximum absolute atomic E-state index is 11.9. The second kappa shape index (κ2) is 4.23. The number of hydrogen-bond acceptors (Lipinski definition) is 2. The summed E-state index contributed by atoms with van der Waals surface area (Å²) >= 11 is 0. The van der Waals surface area contributed by atoms with Crippen LogP contribution in [0.3, 0.4) is 0 Å². The van der Waals surface area contributed by atoms with Gasteiger partial charge in [0.25, 0.3) is 0 Å². The molecular formula is C14H22O2. The van der Waals surface area contributed by atoms with E-state index in [9.17, 15) is 4.79 Å². The van der Waals surface area contributed by atoms with Crippen molar-refractivity contribution in [2.75, 3.05) is 7.11 Å². The van der Waals surface area contributed by atoms with Crippen molar-refractivity contribution in [1.82, 2.24) is 0 Å². The zero-order valence-corrected chi connectivity index (χ0v) is 10.4. The van der Waals surface area contributed by atoms with Gasteiger partial charge < -0.3 is 4.74 Å². The van der Waals surface area contributed by atoms with Gasteiger partial charge in [0.05, 0.1) is 13.0 Å². The molecule has 2 fully saturated rings. The Morgan fingerprint density at radius 2 is 2.00 bits per heavy atom. The van der Waals surface area contributed by atoms with Crippen molar-refractivity contribution in [2.45, 2.75) is 45.4 Å². The molecule has 0 unspecified atom stereocenters. The predicted octanol–water partition coefficient (Wildman–Crippen LogP) is 3.32. The highest BCUT2D eigenvalue weighted by molar-refractivity contribution is 5.74. The van der Waals surface area contributed by atoms with E-state index >= 15 is 0 Å². The number of carbonyl (C=O) groups is 1. The SMILES string of the molecule is C=C1CCC2(CC1)[C@@H](C(=O)OC)CC[C@@H]2C. The van der Waals surface area contributed by atoms with Gasteiger partial charge in [-0.1, -0.05) is 19.1 Å². The van der Waals surface area contributed by atoms with Crippen LogP contribution in [0, 0.1) is 17.3 Å². The van der Waals surface area contributed by atoms with Crippen LogP contribution in [-0.2, 0) is 9.53 Å². The van der Waals surface area contributed by atoms with Crippen LogP contribution < -0.4 is 0 Å². The Morgan fingerprint density at radius 1 is 1.38 bits per heavy atom. The first-order chi connectivity index (χ1) is 7.60. The van der Waals surface area contributed by atoms with Crippen LogP contribution in [0.25, 0.3) is 0 Å². The zero-order valence-electron chi connectivity index (χ0n) is 10.4. The number of rotatable bonds is 1. The van der Waals surface area contributed by atoms with E-state index in [4.69, 9.17) is 4.74 Å². The third-order valence-electron chi connectivity index (χ3n) is 4.94. The van der Waals surface area contributed by atoms with E-state index in [1.165, 1.54) is 19.1 Å². The first-order valence-electron chi connectivity index (χ1n) is 6.34. The van der Waals surface area contributed by atoms with Crippen LogP contribution in [0.15, 0.2) is 12.2 Å². The molecule has 2 atom stereocenters. The molecule has 2 saturated carbocycles. The molecule has 0 saturated heterocycles. The van der Waals surface area contributed by atoms with Crippen molar-refractivity contribution in [3.63, 3.8) is 0 Å². The Kier molecular flexibility index (Phi) is 3.09. The van der Waals surface area contributed by atoms with E-state index in [1.807, 2.05) is 0 Å². The van der Waals surface area contributed by atoms with Gasteiger partial charge in [0.2, 0.25) is 0 Å². The molecule has 2 aliphatic rings. The van der Waals surface area contributed by atoms with Gasteiger partial charge in [-0.15, -0.1) is 0 Å². The Labute approximate surface area is 98.1 Å². The second-order valence-corrected chi connectivity index (χ2v) is 5.54. The number of ether oxygens (including phenoxy) is 1. The van der Waals surface area contributed by atoms with Crippen molar-refractivity contribution in [3.8, 4) is 0 Å². The molecule has 0 amide bonds. The van der Waals surface area contributed by atoms with E-state index in [1.54, 1.807) is 0 Å². The van der Waals surface area contributed by atoms with Gasteiger partial charge in [-0.2, -0.15) is 0 Å². The number of methoxy groups -OCH3 is 1. The molecule has 0 aromatic rings. The molecule has 0 aromatic carbocycles. The lowest BCUT2D eigenvalue weighted by atomic mass is 9.63. The molecule has 0 N–H and O–H groups in total. The van der Waals surface area contributed by atoms with Crippen molar-refractivity contribution < 1.29 is 9.53 Å². The minimum Gasteiger partial charge on any atom is -0.469 e. The van der Waals surface area contributed by atoms with Gasteiger partial charge in [-0.05, 0) is 49.9 Å². The van der Waals surface area contributed by atoms with Gasteiger partial charge in [-0.25, -0.2) is 0 Å². The van der Waals surface area contributed by atoms with Crippen LogP contribution in [0.1, 0.15) is 45.4 Å². The number of allylic oxidation sites excluding steroid dienone is 1. The lowest BCUT2D eigenvalue weighted by Crippen LogP contribution is -2.38. The Morgan fingerprint density at radius 3 is 2.56 bits per heavy atom. The number of carbonyl (C=O) groups excluding carboxylic acids is 1. The van der Waals surface area contributed by atoms with Crippen molar-refractivity contribution >= 4 is 5.97 Å². The lowest BCUT2D eigenvalue weighted by Gasteiger charge is -2.41. The fourth-order valence-corrected chi connectivity index (χ4v) is 3.74. The molecule has 16 heavy (non-hydrogen) atoms. The average molecular weight is 222 g/mol. The Bertz CT molecular complexity index is 296. The highest BCUT2D eigenvalue weighted by atomic mass is 16.5. The third kappa shape index (κ3) is 1.68. The van der Waals surface area contributed by atoms with Gasteiger partial charge in [0.15, 0.2) is 0 Å². The van der Waals surface area contributed by atoms with E-state index in [0.29, 0.717) is 5.92 Å². The Hall–Kier alpha value is -0.790. The molecule has 2 heteroatoms. The van der Waals surface area contributed by atoms with Gasteiger partial charge >= 0.3 is 5.97 Å². The lowest BCUT2D eigenvalue weighted by molar-refractivity contribution is -0.150. The van der Waals surface area contributed by atoms with E-state index in [-0.39, 0.29) is 17.3 Å². The highest BCUT2D eigenvalue weighted by Crippen LogP contribution is 2.57. The molecule has 90 valence electrons. The average Bonchev–Trinajstić information content (AvgIpc) is 2.60. The predicted molar refractivity (Wildman–Crippen MR) is 63.9 cm³/mol. The first-order valence-corrected chi connectivity index (χ1v) is 6.34. The third-order valence-corrected chi connectivity index (χ3v) is 4.94. The largest absolute Gasteiger partial charge is 0.469 e. The normalized spacial score (nSPS) is 33.0. The summed E-state index contributed by atoms with van der Waals surface area (Å²) in [5, 5.41) is 0. The van der Waals surface area contributed by atoms with Crippen LogP contribution >= 0.6 is 0 Å². The van der Waals surface area contributed by atoms with Crippen LogP contribution in [0.5, 0.6) is 0 Å². The summed E-state index contributed by atoms with van der Waals surface area (Å²) in [6.45, 7) is 6.37.